The van der Waals surface area contributed by atoms with Crippen LogP contribution in [0.3, 0.4) is 0 Å². The summed E-state index contributed by atoms with van der Waals surface area (Å²) in [7, 11) is 3.24. The van der Waals surface area contributed by atoms with Gasteiger partial charge in [0.2, 0.25) is 0 Å². The predicted octanol–water partition coefficient (Wildman–Crippen LogP) is 3.18. The molecule has 1 aliphatic heterocycles. The highest BCUT2D eigenvalue weighted by Crippen LogP contribution is 2.37. The number of carbonyl (C=O) groups is 1. The van der Waals surface area contributed by atoms with Gasteiger partial charge in [-0.25, -0.2) is 4.79 Å². The maximum atomic E-state index is 12.6. The molecule has 0 spiro atoms. The number of nitrogens with one attached hydrogen (secondary N) is 1. The lowest BCUT2D eigenvalue weighted by Gasteiger charge is -2.37. The van der Waals surface area contributed by atoms with Crippen LogP contribution in [0, 0.1) is 5.92 Å². The van der Waals surface area contributed by atoms with Crippen molar-refractivity contribution in [2.24, 2.45) is 5.92 Å². The van der Waals surface area contributed by atoms with Crippen LogP contribution in [0.2, 0.25) is 0 Å². The summed E-state index contributed by atoms with van der Waals surface area (Å²) in [6.45, 7) is 1.33. The van der Waals surface area contributed by atoms with Gasteiger partial charge in [0.05, 0.1) is 14.2 Å². The fourth-order valence-electron chi connectivity index (χ4n) is 3.72. The number of likely N-dealkylation sites (tertiary alicyclic amines) is 1. The Kier molecular flexibility index (Phi) is 4.94. The third kappa shape index (κ3) is 3.23. The second-order valence-electron chi connectivity index (χ2n) is 6.41. The van der Waals surface area contributed by atoms with Gasteiger partial charge in [-0.1, -0.05) is 18.6 Å². The van der Waals surface area contributed by atoms with E-state index in [4.69, 9.17) is 9.47 Å². The standard InChI is InChI=1S/C18H26N2O3/c1-22-16-10-4-8-14(17(16)23-2)12-19-18(21)20-11-5-9-15(20)13-6-3-7-13/h4,8,10,13,15H,3,5-7,9,11-12H2,1-2H3,(H,19,21). The summed E-state index contributed by atoms with van der Waals surface area (Å²) in [5.74, 6) is 2.09. The van der Waals surface area contributed by atoms with E-state index in [1.165, 1.54) is 19.3 Å². The number of urea groups is 1. The van der Waals surface area contributed by atoms with Crippen LogP contribution < -0.4 is 14.8 Å². The summed E-state index contributed by atoms with van der Waals surface area (Å²) in [6, 6.07) is 6.21. The van der Waals surface area contributed by atoms with E-state index < -0.39 is 0 Å². The van der Waals surface area contributed by atoms with Crippen LogP contribution >= 0.6 is 0 Å². The molecular formula is C18H26N2O3. The van der Waals surface area contributed by atoms with Crippen molar-refractivity contribution in [1.29, 1.82) is 0 Å². The zero-order valence-electron chi connectivity index (χ0n) is 14.0. The molecule has 126 valence electrons. The van der Waals surface area contributed by atoms with Crippen molar-refractivity contribution >= 4 is 6.03 Å². The highest BCUT2D eigenvalue weighted by Gasteiger charge is 2.37. The number of hydrogen-bond acceptors (Lipinski definition) is 3. The molecule has 1 saturated heterocycles. The first-order valence-corrected chi connectivity index (χ1v) is 8.49. The zero-order valence-corrected chi connectivity index (χ0v) is 14.0. The first-order valence-electron chi connectivity index (χ1n) is 8.49. The molecule has 1 atom stereocenters. The van der Waals surface area contributed by atoms with E-state index in [1.54, 1.807) is 14.2 Å². The zero-order chi connectivity index (χ0) is 16.2. The molecule has 5 nitrogen and oxygen atoms in total. The monoisotopic (exact) mass is 318 g/mol. The average Bonchev–Trinajstić information content (AvgIpc) is 2.99. The van der Waals surface area contributed by atoms with Gasteiger partial charge in [0.25, 0.3) is 0 Å². The molecule has 2 amide bonds. The number of amides is 2. The molecule has 5 heteroatoms. The van der Waals surface area contributed by atoms with E-state index in [9.17, 15) is 4.79 Å². The van der Waals surface area contributed by atoms with E-state index in [-0.39, 0.29) is 6.03 Å². The molecule has 23 heavy (non-hydrogen) atoms. The van der Waals surface area contributed by atoms with Crippen LogP contribution in [-0.4, -0.2) is 37.7 Å². The Balaban J connectivity index is 1.62. The number of para-hydroxylation sites is 1. The van der Waals surface area contributed by atoms with Crippen molar-refractivity contribution in [2.75, 3.05) is 20.8 Å². The van der Waals surface area contributed by atoms with Gasteiger partial charge in [-0.05, 0) is 37.7 Å². The van der Waals surface area contributed by atoms with Crippen LogP contribution in [-0.2, 0) is 6.54 Å². The van der Waals surface area contributed by atoms with Crippen LogP contribution in [0.15, 0.2) is 18.2 Å². The maximum Gasteiger partial charge on any atom is 0.317 e. The lowest BCUT2D eigenvalue weighted by molar-refractivity contribution is 0.139. The first-order chi connectivity index (χ1) is 11.2. The second kappa shape index (κ2) is 7.11. The normalized spacial score (nSPS) is 21.0. The molecule has 1 aliphatic carbocycles. The second-order valence-corrected chi connectivity index (χ2v) is 6.41. The van der Waals surface area contributed by atoms with Crippen molar-refractivity contribution in [3.05, 3.63) is 23.8 Å². The summed E-state index contributed by atoms with van der Waals surface area (Å²) in [4.78, 5) is 14.6. The van der Waals surface area contributed by atoms with Crippen LogP contribution in [0.25, 0.3) is 0 Å². The maximum absolute atomic E-state index is 12.6. The van der Waals surface area contributed by atoms with E-state index >= 15 is 0 Å². The van der Waals surface area contributed by atoms with Gasteiger partial charge in [-0.3, -0.25) is 0 Å². The highest BCUT2D eigenvalue weighted by molar-refractivity contribution is 5.75. The minimum absolute atomic E-state index is 0.0456. The topological polar surface area (TPSA) is 50.8 Å². The van der Waals surface area contributed by atoms with Crippen LogP contribution in [0.4, 0.5) is 4.79 Å². The van der Waals surface area contributed by atoms with Crippen molar-refractivity contribution in [2.45, 2.75) is 44.7 Å². The van der Waals surface area contributed by atoms with Gasteiger partial charge in [0.15, 0.2) is 11.5 Å². The minimum Gasteiger partial charge on any atom is -0.493 e. The molecule has 1 saturated carbocycles. The SMILES string of the molecule is COc1cccc(CNC(=O)N2CCCC2C2CCC2)c1OC. The molecule has 1 unspecified atom stereocenters. The van der Waals surface area contributed by atoms with Crippen molar-refractivity contribution < 1.29 is 14.3 Å². The summed E-state index contributed by atoms with van der Waals surface area (Å²) >= 11 is 0. The van der Waals surface area contributed by atoms with Crippen molar-refractivity contribution in [3.63, 3.8) is 0 Å². The summed E-state index contributed by atoms with van der Waals surface area (Å²) in [6.07, 6.45) is 6.14. The van der Waals surface area contributed by atoms with Gasteiger partial charge < -0.3 is 19.7 Å². The highest BCUT2D eigenvalue weighted by atomic mass is 16.5. The van der Waals surface area contributed by atoms with E-state index in [1.807, 2.05) is 23.1 Å². The Morgan fingerprint density at radius 2 is 2.04 bits per heavy atom. The lowest BCUT2D eigenvalue weighted by atomic mass is 9.79. The lowest BCUT2D eigenvalue weighted by Crippen LogP contribution is -2.46. The largest absolute Gasteiger partial charge is 0.493 e. The average molecular weight is 318 g/mol. The minimum atomic E-state index is 0.0456. The Morgan fingerprint density at radius 1 is 1.22 bits per heavy atom. The molecule has 2 fully saturated rings. The van der Waals surface area contributed by atoms with E-state index in [2.05, 4.69) is 5.32 Å². The molecule has 0 bridgehead atoms. The third-order valence-electron chi connectivity index (χ3n) is 5.17. The Morgan fingerprint density at radius 3 is 2.70 bits per heavy atom. The Bertz CT molecular complexity index is 557. The molecule has 1 aromatic carbocycles. The molecular weight excluding hydrogens is 292 g/mol. The summed E-state index contributed by atoms with van der Waals surface area (Å²) in [5, 5.41) is 3.05. The molecule has 0 aromatic heterocycles. The third-order valence-corrected chi connectivity index (χ3v) is 5.17. The van der Waals surface area contributed by atoms with Crippen LogP contribution in [0.5, 0.6) is 11.5 Å². The Labute approximate surface area is 137 Å². The number of methoxy groups -OCH3 is 2. The molecule has 3 rings (SSSR count). The summed E-state index contributed by atoms with van der Waals surface area (Å²) < 4.78 is 10.7. The smallest absolute Gasteiger partial charge is 0.317 e. The van der Waals surface area contributed by atoms with Gasteiger partial charge in [-0.2, -0.15) is 0 Å². The fourth-order valence-corrected chi connectivity index (χ4v) is 3.72. The van der Waals surface area contributed by atoms with Gasteiger partial charge >= 0.3 is 6.03 Å². The first kappa shape index (κ1) is 16.0. The number of carbonyl (C=O) groups excluding carboxylic acids is 1. The number of benzene rings is 1. The predicted molar refractivity (Wildman–Crippen MR) is 88.9 cm³/mol. The van der Waals surface area contributed by atoms with E-state index in [0.717, 1.165) is 30.9 Å². The van der Waals surface area contributed by atoms with Crippen molar-refractivity contribution in [1.82, 2.24) is 10.2 Å². The fraction of sp³-hybridized carbons (Fsp3) is 0.611. The van der Waals surface area contributed by atoms with Gasteiger partial charge in [0.1, 0.15) is 0 Å². The molecule has 1 N–H and O–H groups in total. The van der Waals surface area contributed by atoms with Gasteiger partial charge in [-0.15, -0.1) is 0 Å². The Hall–Kier alpha value is -1.91. The molecule has 1 heterocycles. The number of rotatable bonds is 5. The van der Waals surface area contributed by atoms with Crippen LogP contribution in [0.1, 0.15) is 37.7 Å². The number of hydrogen-bond donors (Lipinski definition) is 1. The summed E-state index contributed by atoms with van der Waals surface area (Å²) in [5.41, 5.74) is 0.930. The quantitative estimate of drug-likeness (QED) is 0.907. The number of ether oxygens (including phenoxy) is 2. The van der Waals surface area contributed by atoms with Crippen molar-refractivity contribution in [3.8, 4) is 11.5 Å². The molecule has 1 aromatic rings. The number of nitrogens with zero attached hydrogens (tertiary/aromatic N) is 1. The van der Waals surface area contributed by atoms with Gasteiger partial charge in [0, 0.05) is 24.7 Å². The van der Waals surface area contributed by atoms with E-state index in [0.29, 0.717) is 24.1 Å². The molecule has 2 aliphatic rings. The molecule has 0 radical (unpaired) electrons.